The van der Waals surface area contributed by atoms with Gasteiger partial charge < -0.3 is 80.6 Å². The standard InChI is InChI=1S/C39H18O34/c1-2-3-71-35(66)19-15(33(62)63)10(28(52)53)16(34(64)65)20(38(69)72-36(67)17-11(29(54)55)6(24(44)45)4(22(40)41)7(25(46)47)12(17)30(56)57)21(19)39(70)73-37(68)18-13(31(58)59)8(26(48)49)5(23(42)43)9(27(50)51)14(18)32(60)61/h2H,1,3H2,(H,40,41)(H,42,43)(H,44,45)(H,46,47)(H,48,49)(H,50,51)(H,52,53)(H,54,55)(H,56,57)(H,58,59)(H,60,61)(H,62,63)(H,64,65). The third kappa shape index (κ3) is 9.83. The predicted octanol–water partition coefficient (Wildman–Crippen LogP) is 0.100. The predicted molar refractivity (Wildman–Crippen MR) is 210 cm³/mol. The first kappa shape index (κ1) is 55.6. The van der Waals surface area contributed by atoms with E-state index in [1.807, 2.05) is 0 Å². The molecule has 0 atom stereocenters. The highest BCUT2D eigenvalue weighted by Gasteiger charge is 2.47. The molecule has 0 aliphatic rings. The molecule has 0 amide bonds. The molecule has 3 aromatic rings. The third-order valence-electron chi connectivity index (χ3n) is 9.00. The molecule has 0 fully saturated rings. The van der Waals surface area contributed by atoms with Gasteiger partial charge in [-0.05, 0) is 0 Å². The maximum atomic E-state index is 14.3. The molecule has 34 nitrogen and oxygen atoms in total. The number of carboxylic acids is 13. The molecule has 0 unspecified atom stereocenters. The van der Waals surface area contributed by atoms with Crippen LogP contribution < -0.4 is 0 Å². The van der Waals surface area contributed by atoms with Crippen molar-refractivity contribution in [2.75, 3.05) is 6.61 Å². The molecular weight excluding hydrogens is 1010 g/mol. The number of hydrogen-bond acceptors (Lipinski definition) is 21. The van der Waals surface area contributed by atoms with Crippen molar-refractivity contribution in [2.45, 2.75) is 0 Å². The van der Waals surface area contributed by atoms with Crippen LogP contribution in [0.25, 0.3) is 0 Å². The Morgan fingerprint density at radius 3 is 0.521 bits per heavy atom. The topological polar surface area (TPSA) is 598 Å². The van der Waals surface area contributed by atoms with Crippen LogP contribution in [-0.4, -0.2) is 180 Å². The Bertz CT molecular complexity index is 3180. The van der Waals surface area contributed by atoms with Gasteiger partial charge in [0.1, 0.15) is 6.61 Å². The summed E-state index contributed by atoms with van der Waals surface area (Å²) in [4.78, 5) is 231. The Morgan fingerprint density at radius 1 is 0.247 bits per heavy atom. The number of benzene rings is 3. The van der Waals surface area contributed by atoms with Crippen molar-refractivity contribution in [1.29, 1.82) is 0 Å². The number of ether oxygens (including phenoxy) is 3. The molecule has 13 N–H and O–H groups in total. The van der Waals surface area contributed by atoms with Crippen molar-refractivity contribution in [3.8, 4) is 0 Å². The normalized spacial score (nSPS) is 10.4. The van der Waals surface area contributed by atoms with E-state index in [0.29, 0.717) is 6.08 Å². The fourth-order valence-electron chi connectivity index (χ4n) is 6.63. The lowest BCUT2D eigenvalue weighted by atomic mass is 9.85. The minimum atomic E-state index is -3.16. The SMILES string of the molecule is C=CCOC(=O)c1c(C(=O)O)c(C(=O)O)c(C(=O)O)c(C(=O)OC(=O)c2c(C(=O)O)c(C(=O)O)c(C(=O)O)c(C(=O)O)c2C(=O)O)c1C(=O)OC(=O)c1c(C(=O)O)c(C(=O)O)c(C(=O)O)c(C(=O)O)c1C(=O)O. The third-order valence-corrected chi connectivity index (χ3v) is 9.00. The Morgan fingerprint density at radius 2 is 0.370 bits per heavy atom. The van der Waals surface area contributed by atoms with Crippen LogP contribution in [0.1, 0.15) is 186 Å². The zero-order valence-corrected chi connectivity index (χ0v) is 34.4. The number of esters is 5. The Kier molecular flexibility index (Phi) is 15.7. The quantitative estimate of drug-likeness (QED) is 0.0309. The minimum Gasteiger partial charge on any atom is -0.478 e. The van der Waals surface area contributed by atoms with Gasteiger partial charge in [0.25, 0.3) is 0 Å². The highest BCUT2D eigenvalue weighted by Crippen LogP contribution is 2.36. The summed E-state index contributed by atoms with van der Waals surface area (Å²) in [6.07, 6.45) is 0.603. The lowest BCUT2D eigenvalue weighted by Gasteiger charge is -2.21. The number of carbonyl (C=O) groups is 18. The zero-order chi connectivity index (χ0) is 56.3. The van der Waals surface area contributed by atoms with Crippen molar-refractivity contribution in [3.63, 3.8) is 0 Å². The van der Waals surface area contributed by atoms with Crippen LogP contribution in [0.3, 0.4) is 0 Å². The highest BCUT2D eigenvalue weighted by atomic mass is 16.6. The number of carbonyl (C=O) groups excluding carboxylic acids is 5. The molecule has 378 valence electrons. The second kappa shape index (κ2) is 20.6. The molecule has 34 heteroatoms. The summed E-state index contributed by atoms with van der Waals surface area (Å²) in [5.41, 5.74) is -42.8. The summed E-state index contributed by atoms with van der Waals surface area (Å²) in [6.45, 7) is 1.88. The molecular formula is C39H18O34. The van der Waals surface area contributed by atoms with Crippen molar-refractivity contribution in [2.24, 2.45) is 0 Å². The number of rotatable bonds is 20. The Labute approximate surface area is 393 Å². The first-order valence-corrected chi connectivity index (χ1v) is 17.7. The van der Waals surface area contributed by atoms with Crippen molar-refractivity contribution in [1.82, 2.24) is 0 Å². The van der Waals surface area contributed by atoms with Gasteiger partial charge in [0.2, 0.25) is 0 Å². The summed E-state index contributed by atoms with van der Waals surface area (Å²) in [5, 5.41) is 129. The van der Waals surface area contributed by atoms with Crippen LogP contribution in [0.4, 0.5) is 0 Å². The summed E-state index contributed by atoms with van der Waals surface area (Å²) < 4.78 is 13.2. The average molecular weight is 1030 g/mol. The Hall–Kier alpha value is -11.7. The molecule has 0 bridgehead atoms. The minimum absolute atomic E-state index is 0.603. The maximum Gasteiger partial charge on any atom is 0.347 e. The monoisotopic (exact) mass is 1030 g/mol. The summed E-state index contributed by atoms with van der Waals surface area (Å²) in [6, 6.07) is 0. The first-order chi connectivity index (χ1) is 33.6. The molecule has 73 heavy (non-hydrogen) atoms. The van der Waals surface area contributed by atoms with Gasteiger partial charge in [-0.2, -0.15) is 0 Å². The van der Waals surface area contributed by atoms with Crippen LogP contribution in [0.5, 0.6) is 0 Å². The van der Waals surface area contributed by atoms with Gasteiger partial charge >= 0.3 is 107 Å². The van der Waals surface area contributed by atoms with Crippen molar-refractivity contribution < 1.29 is 167 Å². The molecule has 0 aliphatic carbocycles. The molecule has 0 saturated heterocycles. The lowest BCUT2D eigenvalue weighted by Crippen LogP contribution is -2.33. The first-order valence-electron chi connectivity index (χ1n) is 17.7. The van der Waals surface area contributed by atoms with Crippen molar-refractivity contribution in [3.05, 3.63) is 113 Å². The fourth-order valence-corrected chi connectivity index (χ4v) is 6.63. The fraction of sp³-hybridized carbons (Fsp3) is 0.0256. The number of hydrogen-bond donors (Lipinski definition) is 13. The van der Waals surface area contributed by atoms with Crippen LogP contribution in [0, 0.1) is 0 Å². The number of aromatic carboxylic acids is 13. The van der Waals surface area contributed by atoms with Crippen molar-refractivity contribution >= 4 is 107 Å². The molecule has 0 aromatic heterocycles. The van der Waals surface area contributed by atoms with E-state index in [4.69, 9.17) is 0 Å². The van der Waals surface area contributed by atoms with Gasteiger partial charge in [-0.15, -0.1) is 0 Å². The van der Waals surface area contributed by atoms with E-state index >= 15 is 0 Å². The van der Waals surface area contributed by atoms with Crippen LogP contribution in [0.2, 0.25) is 0 Å². The van der Waals surface area contributed by atoms with E-state index in [2.05, 4.69) is 20.8 Å². The molecule has 0 saturated carbocycles. The summed E-state index contributed by atoms with van der Waals surface area (Å²) >= 11 is 0. The van der Waals surface area contributed by atoms with E-state index in [0.717, 1.165) is 0 Å². The number of carboxylic acid groups (broad SMARTS) is 13. The molecule has 3 rings (SSSR count). The van der Waals surface area contributed by atoms with Gasteiger partial charge in [0.15, 0.2) is 0 Å². The maximum absolute atomic E-state index is 14.3. The van der Waals surface area contributed by atoms with Crippen LogP contribution in [-0.2, 0) is 14.2 Å². The molecule has 0 heterocycles. The second-order valence-corrected chi connectivity index (χ2v) is 13.0. The highest BCUT2D eigenvalue weighted by molar-refractivity contribution is 6.29. The lowest BCUT2D eigenvalue weighted by molar-refractivity contribution is 0.0343. The van der Waals surface area contributed by atoms with Gasteiger partial charge in [0, 0.05) is 0 Å². The van der Waals surface area contributed by atoms with E-state index in [1.54, 1.807) is 0 Å². The Balaban J connectivity index is 2.82. The zero-order valence-electron chi connectivity index (χ0n) is 34.4. The summed E-state index contributed by atoms with van der Waals surface area (Å²) in [5.74, 6) is -51.8. The molecule has 0 aliphatic heterocycles. The van der Waals surface area contributed by atoms with E-state index in [-0.39, 0.29) is 0 Å². The molecule has 3 aromatic carbocycles. The summed E-state index contributed by atoms with van der Waals surface area (Å²) in [7, 11) is 0. The van der Waals surface area contributed by atoms with Gasteiger partial charge in [-0.3, -0.25) is 0 Å². The van der Waals surface area contributed by atoms with E-state index in [9.17, 15) is 153 Å². The smallest absolute Gasteiger partial charge is 0.347 e. The van der Waals surface area contributed by atoms with E-state index in [1.165, 1.54) is 0 Å². The average Bonchev–Trinajstić information content (AvgIpc) is 3.26. The van der Waals surface area contributed by atoms with Crippen LogP contribution >= 0.6 is 0 Å². The molecule has 0 radical (unpaired) electrons. The van der Waals surface area contributed by atoms with Gasteiger partial charge in [-0.25, -0.2) is 86.3 Å². The molecule has 0 spiro atoms. The van der Waals surface area contributed by atoms with Gasteiger partial charge in [-0.1, -0.05) is 12.7 Å². The largest absolute Gasteiger partial charge is 0.478 e. The second-order valence-electron chi connectivity index (χ2n) is 13.0. The van der Waals surface area contributed by atoms with Gasteiger partial charge in [0.05, 0.1) is 100 Å². The van der Waals surface area contributed by atoms with Crippen LogP contribution in [0.15, 0.2) is 12.7 Å². The van der Waals surface area contributed by atoms with E-state index < -0.39 is 214 Å².